The van der Waals surface area contributed by atoms with Gasteiger partial charge in [0.1, 0.15) is 0 Å². The van der Waals surface area contributed by atoms with E-state index in [9.17, 15) is 0 Å². The molecule has 0 aliphatic carbocycles. The summed E-state index contributed by atoms with van der Waals surface area (Å²) >= 11 is 7.12. The van der Waals surface area contributed by atoms with Crippen LogP contribution in [0.25, 0.3) is 0 Å². The maximum absolute atomic E-state index is 7.12. The van der Waals surface area contributed by atoms with Crippen molar-refractivity contribution in [3.05, 3.63) is 48.5 Å². The summed E-state index contributed by atoms with van der Waals surface area (Å²) in [5.74, 6) is 0. The molecular formula is C30H50ClPSi2. The van der Waals surface area contributed by atoms with Gasteiger partial charge in [0.15, 0.2) is 0 Å². The van der Waals surface area contributed by atoms with Crippen molar-refractivity contribution < 1.29 is 0 Å². The van der Waals surface area contributed by atoms with E-state index in [2.05, 4.69) is 90.1 Å². The van der Waals surface area contributed by atoms with Crippen LogP contribution < -0.4 is 21.0 Å². The van der Waals surface area contributed by atoms with E-state index < -0.39 is 23.4 Å². The fraction of sp³-hybridized carbons (Fsp3) is 0.600. The van der Waals surface area contributed by atoms with Gasteiger partial charge in [-0.2, -0.15) is 0 Å². The van der Waals surface area contributed by atoms with Crippen LogP contribution >= 0.6 is 18.5 Å². The molecule has 0 saturated carbocycles. The first-order valence-corrected chi connectivity index (χ1v) is 21.6. The van der Waals surface area contributed by atoms with Gasteiger partial charge in [-0.1, -0.05) is 186 Å². The first-order chi connectivity index (χ1) is 16.5. The molecule has 190 valence electrons. The molecule has 2 aromatic rings. The van der Waals surface area contributed by atoms with Gasteiger partial charge >= 0.3 is 0 Å². The van der Waals surface area contributed by atoms with E-state index in [0.717, 1.165) is 0 Å². The lowest BCUT2D eigenvalue weighted by molar-refractivity contribution is 0.937. The summed E-state index contributed by atoms with van der Waals surface area (Å²) < 4.78 is 0. The van der Waals surface area contributed by atoms with Crippen molar-refractivity contribution in [2.45, 2.75) is 116 Å². The third kappa shape index (κ3) is 7.31. The maximum atomic E-state index is 7.12. The SMILES string of the molecule is CCC[Si](CCC)(CCC)c1ccc(P(Cl)c2ccc([Si](CCC)(CCC)CCC)cc2)cc1. The van der Waals surface area contributed by atoms with Gasteiger partial charge in [0.05, 0.1) is 23.4 Å². The zero-order chi connectivity index (χ0) is 25.0. The fourth-order valence-electron chi connectivity index (χ4n) is 6.53. The van der Waals surface area contributed by atoms with Crippen LogP contribution in [-0.4, -0.2) is 16.1 Å². The van der Waals surface area contributed by atoms with Crippen LogP contribution in [0.2, 0.25) is 36.3 Å². The minimum absolute atomic E-state index is 0.811. The molecule has 0 bridgehead atoms. The summed E-state index contributed by atoms with van der Waals surface area (Å²) in [6.45, 7) is 14.2. The van der Waals surface area contributed by atoms with Crippen LogP contribution in [0.3, 0.4) is 0 Å². The Morgan fingerprint density at radius 2 is 0.706 bits per heavy atom. The maximum Gasteiger partial charge on any atom is 0.0866 e. The van der Waals surface area contributed by atoms with Crippen LogP contribution in [0.5, 0.6) is 0 Å². The van der Waals surface area contributed by atoms with Crippen molar-refractivity contribution in [1.82, 2.24) is 0 Å². The van der Waals surface area contributed by atoms with Crippen LogP contribution in [0.1, 0.15) is 80.1 Å². The Morgan fingerprint density at radius 3 is 0.912 bits per heavy atom. The van der Waals surface area contributed by atoms with E-state index in [1.807, 2.05) is 0 Å². The Hall–Kier alpha value is -0.406. The Kier molecular flexibility index (Phi) is 13.1. The Morgan fingerprint density at radius 1 is 0.471 bits per heavy atom. The number of hydrogen-bond donors (Lipinski definition) is 0. The molecule has 0 spiro atoms. The highest BCUT2D eigenvalue weighted by Gasteiger charge is 2.33. The average molecular weight is 533 g/mol. The van der Waals surface area contributed by atoms with Gasteiger partial charge in [0.2, 0.25) is 0 Å². The van der Waals surface area contributed by atoms with E-state index >= 15 is 0 Å². The first kappa shape index (κ1) is 29.8. The van der Waals surface area contributed by atoms with Gasteiger partial charge in [-0.05, 0) is 10.6 Å². The van der Waals surface area contributed by atoms with Gasteiger partial charge in [-0.3, -0.25) is 0 Å². The van der Waals surface area contributed by atoms with E-state index in [1.54, 1.807) is 10.4 Å². The topological polar surface area (TPSA) is 0 Å². The lowest BCUT2D eigenvalue weighted by atomic mass is 10.3. The summed E-state index contributed by atoms with van der Waals surface area (Å²) in [7, 11) is -3.60. The highest BCUT2D eigenvalue weighted by molar-refractivity contribution is 7.95. The monoisotopic (exact) mass is 532 g/mol. The van der Waals surface area contributed by atoms with Gasteiger partial charge in [-0.25, -0.2) is 0 Å². The fourth-order valence-corrected chi connectivity index (χ4v) is 19.0. The molecule has 0 unspecified atom stereocenters. The minimum atomic E-state index is -1.39. The smallest absolute Gasteiger partial charge is 0.0859 e. The highest BCUT2D eigenvalue weighted by atomic mass is 35.7. The quantitative estimate of drug-likeness (QED) is 0.149. The molecule has 0 aliphatic rings. The number of rotatable bonds is 16. The van der Waals surface area contributed by atoms with Crippen molar-refractivity contribution in [1.29, 1.82) is 0 Å². The predicted octanol–water partition coefficient (Wildman–Crippen LogP) is 9.04. The van der Waals surface area contributed by atoms with E-state index in [4.69, 9.17) is 11.2 Å². The van der Waals surface area contributed by atoms with Crippen LogP contribution in [-0.2, 0) is 0 Å². The van der Waals surface area contributed by atoms with Gasteiger partial charge in [0, 0.05) is 0 Å². The molecule has 2 rings (SSSR count). The Balaban J connectivity index is 2.29. The van der Waals surface area contributed by atoms with Crippen LogP contribution in [0.4, 0.5) is 0 Å². The summed E-state index contributed by atoms with van der Waals surface area (Å²) in [5, 5.41) is 5.93. The lowest BCUT2D eigenvalue weighted by Crippen LogP contribution is -2.47. The highest BCUT2D eigenvalue weighted by Crippen LogP contribution is 2.39. The normalized spacial score (nSPS) is 12.5. The lowest BCUT2D eigenvalue weighted by Gasteiger charge is -2.32. The van der Waals surface area contributed by atoms with Crippen molar-refractivity contribution in [3.8, 4) is 0 Å². The largest absolute Gasteiger partial charge is 0.0866 e. The summed E-state index contributed by atoms with van der Waals surface area (Å²) in [5.41, 5.74) is 0. The van der Waals surface area contributed by atoms with Crippen molar-refractivity contribution in [3.63, 3.8) is 0 Å². The number of hydrogen-bond acceptors (Lipinski definition) is 0. The summed E-state index contributed by atoms with van der Waals surface area (Å²) in [6, 6.07) is 27.8. The second-order valence-corrected chi connectivity index (χ2v) is 22.3. The minimum Gasteiger partial charge on any atom is -0.0859 e. The molecule has 0 aliphatic heterocycles. The Labute approximate surface area is 219 Å². The molecule has 4 heteroatoms. The number of benzene rings is 2. The molecule has 0 nitrogen and oxygen atoms in total. The molecular weight excluding hydrogens is 483 g/mol. The summed E-state index contributed by atoms with van der Waals surface area (Å²) in [4.78, 5) is 0. The average Bonchev–Trinajstić information content (AvgIpc) is 2.84. The second kappa shape index (κ2) is 15.0. The molecule has 0 heterocycles. The van der Waals surface area contributed by atoms with E-state index in [-0.39, 0.29) is 0 Å². The zero-order valence-corrected chi connectivity index (χ0v) is 26.6. The van der Waals surface area contributed by atoms with Gasteiger partial charge in [-0.15, -0.1) is 0 Å². The van der Waals surface area contributed by atoms with Gasteiger partial charge < -0.3 is 0 Å². The van der Waals surface area contributed by atoms with E-state index in [1.165, 1.54) is 85.4 Å². The molecule has 0 atom stereocenters. The molecule has 0 radical (unpaired) electrons. The third-order valence-electron chi connectivity index (χ3n) is 7.78. The second-order valence-electron chi connectivity index (χ2n) is 10.4. The van der Waals surface area contributed by atoms with Crippen LogP contribution in [0.15, 0.2) is 48.5 Å². The van der Waals surface area contributed by atoms with Crippen molar-refractivity contribution in [2.24, 2.45) is 0 Å². The molecule has 0 amide bonds. The number of halogens is 1. The molecule has 0 aromatic heterocycles. The third-order valence-corrected chi connectivity index (χ3v) is 22.3. The van der Waals surface area contributed by atoms with Crippen molar-refractivity contribution >= 4 is 55.6 Å². The van der Waals surface area contributed by atoms with E-state index in [0.29, 0.717) is 0 Å². The van der Waals surface area contributed by atoms with Gasteiger partial charge in [0.25, 0.3) is 0 Å². The molecule has 0 fully saturated rings. The predicted molar refractivity (Wildman–Crippen MR) is 166 cm³/mol. The molecule has 34 heavy (non-hydrogen) atoms. The van der Waals surface area contributed by atoms with Crippen LogP contribution in [0, 0.1) is 0 Å². The molecule has 0 saturated heterocycles. The molecule has 0 N–H and O–H groups in total. The standard InChI is InChI=1S/C30H50ClPSi2/c1-7-21-33(22-8-2,23-9-3)29-17-13-27(14-18-29)32(31)28-15-19-30(20-16-28)34(24-10-4,25-11-5)26-12-6/h13-20H,7-12,21-26H2,1-6H3. The first-order valence-electron chi connectivity index (χ1n) is 14.1. The summed E-state index contributed by atoms with van der Waals surface area (Å²) in [6.07, 6.45) is 7.84. The molecule has 2 aromatic carbocycles. The Bertz CT molecular complexity index is 715. The zero-order valence-electron chi connectivity index (χ0n) is 22.9. The van der Waals surface area contributed by atoms with Crippen molar-refractivity contribution in [2.75, 3.05) is 0 Å².